The van der Waals surface area contributed by atoms with Crippen LogP contribution >= 0.6 is 11.5 Å². The molecule has 0 unspecified atom stereocenters. The fraction of sp³-hybridized carbons (Fsp3) is 0.231. The van der Waals surface area contributed by atoms with Gasteiger partial charge in [-0.2, -0.15) is 13.2 Å². The average Bonchev–Trinajstić information content (AvgIpc) is 2.90. The monoisotopic (exact) mass is 345 g/mol. The van der Waals surface area contributed by atoms with Crippen LogP contribution in [0.15, 0.2) is 24.3 Å². The van der Waals surface area contributed by atoms with Gasteiger partial charge >= 0.3 is 12.1 Å². The highest BCUT2D eigenvalue weighted by Crippen LogP contribution is 2.34. The molecule has 0 spiro atoms. The Morgan fingerprint density at radius 2 is 2.00 bits per heavy atom. The molecule has 0 aliphatic carbocycles. The van der Waals surface area contributed by atoms with E-state index >= 15 is 0 Å². The van der Waals surface area contributed by atoms with E-state index in [1.165, 1.54) is 12.1 Å². The molecule has 0 fully saturated rings. The van der Waals surface area contributed by atoms with Crippen LogP contribution in [0.4, 0.5) is 18.9 Å². The zero-order valence-electron chi connectivity index (χ0n) is 11.7. The number of hydrogen-bond donors (Lipinski definition) is 1. The van der Waals surface area contributed by atoms with Crippen LogP contribution in [0, 0.1) is 6.92 Å². The Labute approximate surface area is 132 Å². The molecular weight excluding hydrogens is 335 g/mol. The van der Waals surface area contributed by atoms with Crippen molar-refractivity contribution in [1.29, 1.82) is 0 Å². The van der Waals surface area contributed by atoms with Gasteiger partial charge in [0.2, 0.25) is 0 Å². The van der Waals surface area contributed by atoms with E-state index in [2.05, 4.69) is 14.9 Å². The third kappa shape index (κ3) is 4.25. The van der Waals surface area contributed by atoms with Crippen molar-refractivity contribution in [1.82, 2.24) is 9.59 Å². The summed E-state index contributed by atoms with van der Waals surface area (Å²) >= 11 is 0.803. The number of para-hydroxylation sites is 1. The molecule has 10 heteroatoms. The molecular formula is C13H10F3N3O3S. The largest absolute Gasteiger partial charge is 0.451 e. The van der Waals surface area contributed by atoms with Gasteiger partial charge in [-0.3, -0.25) is 4.79 Å². The van der Waals surface area contributed by atoms with Crippen LogP contribution in [0.25, 0.3) is 0 Å². The quantitative estimate of drug-likeness (QED) is 0.862. The number of aryl methyl sites for hydroxylation is 1. The zero-order valence-corrected chi connectivity index (χ0v) is 12.5. The lowest BCUT2D eigenvalue weighted by molar-refractivity contribution is -0.137. The zero-order chi connectivity index (χ0) is 17.0. The number of esters is 1. The van der Waals surface area contributed by atoms with E-state index in [1.807, 2.05) is 0 Å². The first-order valence-electron chi connectivity index (χ1n) is 6.21. The number of alkyl halides is 3. The number of hydrogen-bond acceptors (Lipinski definition) is 6. The second-order valence-corrected chi connectivity index (χ2v) is 5.11. The Hall–Kier alpha value is -2.49. The number of nitrogens with zero attached hydrogens (tertiary/aromatic N) is 2. The third-order valence-corrected chi connectivity index (χ3v) is 3.49. The molecule has 122 valence electrons. The number of carbonyl (C=O) groups is 2. The van der Waals surface area contributed by atoms with E-state index in [1.54, 1.807) is 6.92 Å². The van der Waals surface area contributed by atoms with E-state index in [4.69, 9.17) is 4.74 Å². The summed E-state index contributed by atoms with van der Waals surface area (Å²) in [6.07, 6.45) is -4.61. The molecule has 0 aliphatic rings. The summed E-state index contributed by atoms with van der Waals surface area (Å²) in [6.45, 7) is 0.822. The molecule has 0 bridgehead atoms. The Bertz CT molecular complexity index is 730. The highest BCUT2D eigenvalue weighted by Gasteiger charge is 2.33. The number of aromatic nitrogens is 2. The Kier molecular flexibility index (Phi) is 4.94. The molecule has 1 heterocycles. The van der Waals surface area contributed by atoms with E-state index in [0.29, 0.717) is 5.69 Å². The summed E-state index contributed by atoms with van der Waals surface area (Å²) < 4.78 is 46.6. The fourth-order valence-corrected chi connectivity index (χ4v) is 2.19. The average molecular weight is 345 g/mol. The van der Waals surface area contributed by atoms with Crippen molar-refractivity contribution < 1.29 is 27.5 Å². The molecule has 2 aromatic rings. The molecule has 1 aromatic heterocycles. The molecule has 0 saturated heterocycles. The van der Waals surface area contributed by atoms with Crippen LogP contribution in [-0.4, -0.2) is 28.1 Å². The van der Waals surface area contributed by atoms with Gasteiger partial charge < -0.3 is 10.1 Å². The van der Waals surface area contributed by atoms with Gasteiger partial charge in [0.25, 0.3) is 5.91 Å². The molecule has 0 atom stereocenters. The maximum Gasteiger partial charge on any atom is 0.418 e. The van der Waals surface area contributed by atoms with Crippen molar-refractivity contribution in [3.8, 4) is 0 Å². The van der Waals surface area contributed by atoms with Crippen LogP contribution in [-0.2, 0) is 15.7 Å². The van der Waals surface area contributed by atoms with Crippen LogP contribution in [0.1, 0.15) is 20.9 Å². The smallest absolute Gasteiger partial charge is 0.418 e. The first-order chi connectivity index (χ1) is 10.8. The van der Waals surface area contributed by atoms with E-state index in [9.17, 15) is 22.8 Å². The molecule has 0 saturated carbocycles. The standard InChI is InChI=1S/C13H10F3N3O3S/c1-7-11(23-19-18-7)12(21)22-6-10(20)17-9-5-3-2-4-8(9)13(14,15)16/h2-5H,6H2,1H3,(H,17,20). The summed E-state index contributed by atoms with van der Waals surface area (Å²) in [4.78, 5) is 23.5. The van der Waals surface area contributed by atoms with Gasteiger partial charge in [0, 0.05) is 0 Å². The first-order valence-corrected chi connectivity index (χ1v) is 6.98. The molecule has 0 aliphatic heterocycles. The minimum absolute atomic E-state index is 0.133. The fourth-order valence-electron chi connectivity index (χ4n) is 1.64. The van der Waals surface area contributed by atoms with Gasteiger partial charge in [0.15, 0.2) is 11.5 Å². The lowest BCUT2D eigenvalue weighted by atomic mass is 10.1. The summed E-state index contributed by atoms with van der Waals surface area (Å²) in [5, 5.41) is 5.68. The number of anilines is 1. The van der Waals surface area contributed by atoms with Crippen molar-refractivity contribution in [3.05, 3.63) is 40.4 Å². The van der Waals surface area contributed by atoms with Crippen molar-refractivity contribution in [2.75, 3.05) is 11.9 Å². The van der Waals surface area contributed by atoms with Gasteiger partial charge in [0.05, 0.1) is 16.9 Å². The summed E-state index contributed by atoms with van der Waals surface area (Å²) in [6, 6.07) is 4.51. The lowest BCUT2D eigenvalue weighted by Gasteiger charge is -2.13. The number of ether oxygens (including phenoxy) is 1. The molecule has 1 N–H and O–H groups in total. The van der Waals surface area contributed by atoms with Crippen LogP contribution in [0.3, 0.4) is 0 Å². The molecule has 23 heavy (non-hydrogen) atoms. The van der Waals surface area contributed by atoms with Crippen molar-refractivity contribution >= 4 is 29.1 Å². The Morgan fingerprint density at radius 1 is 1.30 bits per heavy atom. The summed E-state index contributed by atoms with van der Waals surface area (Å²) in [7, 11) is 0. The summed E-state index contributed by atoms with van der Waals surface area (Å²) in [5.41, 5.74) is -1.04. The van der Waals surface area contributed by atoms with E-state index in [0.717, 1.165) is 23.7 Å². The normalized spacial score (nSPS) is 11.1. The van der Waals surface area contributed by atoms with Gasteiger partial charge in [-0.05, 0) is 30.6 Å². The molecule has 0 radical (unpaired) electrons. The number of nitrogens with one attached hydrogen (secondary N) is 1. The predicted octanol–water partition coefficient (Wildman–Crippen LogP) is 2.66. The van der Waals surface area contributed by atoms with Crippen LogP contribution in [0.5, 0.6) is 0 Å². The number of benzene rings is 1. The van der Waals surface area contributed by atoms with E-state index < -0.39 is 35.9 Å². The Balaban J connectivity index is 1.99. The van der Waals surface area contributed by atoms with Crippen LogP contribution < -0.4 is 5.32 Å². The summed E-state index contributed by atoms with van der Waals surface area (Å²) in [5.74, 6) is -1.69. The van der Waals surface area contributed by atoms with E-state index in [-0.39, 0.29) is 4.88 Å². The SMILES string of the molecule is Cc1nnsc1C(=O)OCC(=O)Nc1ccccc1C(F)(F)F. The molecule has 6 nitrogen and oxygen atoms in total. The first kappa shape index (κ1) is 16.9. The number of carbonyl (C=O) groups excluding carboxylic acids is 2. The van der Waals surface area contributed by atoms with Gasteiger partial charge in [0.1, 0.15) is 0 Å². The van der Waals surface area contributed by atoms with Crippen LogP contribution in [0.2, 0.25) is 0 Å². The highest BCUT2D eigenvalue weighted by atomic mass is 32.1. The molecule has 1 amide bonds. The second-order valence-electron chi connectivity index (χ2n) is 4.36. The number of amides is 1. The minimum atomic E-state index is -4.61. The number of rotatable bonds is 4. The molecule has 1 aromatic carbocycles. The number of halogens is 3. The maximum absolute atomic E-state index is 12.8. The maximum atomic E-state index is 12.8. The second kappa shape index (κ2) is 6.73. The van der Waals surface area contributed by atoms with Crippen molar-refractivity contribution in [2.45, 2.75) is 13.1 Å². The highest BCUT2D eigenvalue weighted by molar-refractivity contribution is 7.07. The third-order valence-electron chi connectivity index (χ3n) is 2.68. The predicted molar refractivity (Wildman–Crippen MR) is 75.0 cm³/mol. The van der Waals surface area contributed by atoms with Crippen molar-refractivity contribution in [3.63, 3.8) is 0 Å². The van der Waals surface area contributed by atoms with Gasteiger partial charge in [-0.25, -0.2) is 4.79 Å². The molecule has 2 rings (SSSR count). The topological polar surface area (TPSA) is 81.2 Å². The van der Waals surface area contributed by atoms with Gasteiger partial charge in [-0.15, -0.1) is 5.10 Å². The minimum Gasteiger partial charge on any atom is -0.451 e. The van der Waals surface area contributed by atoms with Crippen molar-refractivity contribution in [2.24, 2.45) is 0 Å². The lowest BCUT2D eigenvalue weighted by Crippen LogP contribution is -2.22. The Morgan fingerprint density at radius 3 is 2.61 bits per heavy atom. The van der Waals surface area contributed by atoms with Gasteiger partial charge in [-0.1, -0.05) is 16.6 Å².